The zero-order valence-electron chi connectivity index (χ0n) is 11.3. The van der Waals surface area contributed by atoms with Gasteiger partial charge in [0.2, 0.25) is 5.91 Å². The Bertz CT molecular complexity index is 161. The molecule has 0 saturated carbocycles. The molecule has 0 spiro atoms. The van der Waals surface area contributed by atoms with Crippen molar-refractivity contribution in [3.63, 3.8) is 0 Å². The van der Waals surface area contributed by atoms with Crippen LogP contribution < -0.4 is 5.32 Å². The van der Waals surface area contributed by atoms with E-state index in [9.17, 15) is 4.79 Å². The van der Waals surface area contributed by atoms with Gasteiger partial charge in [0, 0.05) is 19.6 Å². The molecule has 15 heavy (non-hydrogen) atoms. The first kappa shape index (κ1) is 16.8. The average Bonchev–Trinajstić information content (AvgIpc) is 2.18. The number of methoxy groups -OCH3 is 1. The van der Waals surface area contributed by atoms with Crippen LogP contribution >= 0.6 is 0 Å². The minimum absolute atomic E-state index is 0.0250. The minimum atomic E-state index is 0.0250. The van der Waals surface area contributed by atoms with Crippen molar-refractivity contribution in [1.82, 2.24) is 5.32 Å². The highest BCUT2D eigenvalue weighted by Gasteiger charge is 2.26. The van der Waals surface area contributed by atoms with E-state index in [4.69, 9.17) is 4.74 Å². The molecule has 0 radical (unpaired) electrons. The van der Waals surface area contributed by atoms with Crippen LogP contribution in [0.5, 0.6) is 0 Å². The molecule has 0 aromatic carbocycles. The molecule has 1 N–H and O–H groups in total. The highest BCUT2D eigenvalue weighted by molar-refractivity contribution is 5.78. The van der Waals surface area contributed by atoms with E-state index in [-0.39, 0.29) is 17.2 Å². The van der Waals surface area contributed by atoms with Crippen LogP contribution in [0.1, 0.15) is 41.5 Å². The number of hydrogen-bond donors (Lipinski definition) is 1. The van der Waals surface area contributed by atoms with Gasteiger partial charge in [-0.2, -0.15) is 0 Å². The molecule has 0 aromatic heterocycles. The molecule has 3 heteroatoms. The van der Waals surface area contributed by atoms with Gasteiger partial charge in [-0.1, -0.05) is 41.5 Å². The van der Waals surface area contributed by atoms with Gasteiger partial charge in [-0.15, -0.1) is 0 Å². The topological polar surface area (TPSA) is 38.3 Å². The molecule has 0 fully saturated rings. The second-order valence-corrected chi connectivity index (χ2v) is 4.37. The molecule has 0 heterocycles. The third-order valence-electron chi connectivity index (χ3n) is 2.30. The molecule has 1 atom stereocenters. The number of ether oxygens (including phenoxy) is 1. The van der Waals surface area contributed by atoms with Crippen molar-refractivity contribution < 1.29 is 9.53 Å². The summed E-state index contributed by atoms with van der Waals surface area (Å²) in [5.74, 6) is 0.133. The van der Waals surface area contributed by atoms with Crippen LogP contribution in [-0.4, -0.2) is 26.2 Å². The number of carbonyl (C=O) groups excluding carboxylic acids is 1. The number of rotatable bonds is 4. The van der Waals surface area contributed by atoms with Crippen LogP contribution in [0.4, 0.5) is 0 Å². The third-order valence-corrected chi connectivity index (χ3v) is 2.30. The number of nitrogens with one attached hydrogen (secondary N) is 1. The van der Waals surface area contributed by atoms with Gasteiger partial charge < -0.3 is 10.1 Å². The quantitative estimate of drug-likeness (QED) is 0.735. The summed E-state index contributed by atoms with van der Waals surface area (Å²) in [5, 5.41) is 2.83. The molecule has 92 valence electrons. The zero-order chi connectivity index (χ0) is 12.5. The third kappa shape index (κ3) is 8.43. The average molecular weight is 217 g/mol. The molecular weight excluding hydrogens is 190 g/mol. The predicted molar refractivity (Wildman–Crippen MR) is 64.9 cm³/mol. The van der Waals surface area contributed by atoms with Crippen LogP contribution in [0.25, 0.3) is 0 Å². The number of carbonyl (C=O) groups is 1. The van der Waals surface area contributed by atoms with Crippen LogP contribution in [0, 0.1) is 11.3 Å². The van der Waals surface area contributed by atoms with Gasteiger partial charge >= 0.3 is 0 Å². The summed E-state index contributed by atoms with van der Waals surface area (Å²) in [6.45, 7) is 13.3. The Morgan fingerprint density at radius 3 is 2.13 bits per heavy atom. The Balaban J connectivity index is 0. The van der Waals surface area contributed by atoms with Crippen molar-refractivity contribution in [3.05, 3.63) is 0 Å². The molecule has 0 saturated heterocycles. The molecule has 0 aromatic rings. The fraction of sp³-hybridized carbons (Fsp3) is 0.917. The lowest BCUT2D eigenvalue weighted by Crippen LogP contribution is -2.37. The van der Waals surface area contributed by atoms with Crippen molar-refractivity contribution in [2.24, 2.45) is 11.3 Å². The summed E-state index contributed by atoms with van der Waals surface area (Å²) in [4.78, 5) is 11.5. The maximum atomic E-state index is 11.5. The van der Waals surface area contributed by atoms with Gasteiger partial charge in [0.05, 0.1) is 6.61 Å². The van der Waals surface area contributed by atoms with Gasteiger partial charge in [0.15, 0.2) is 0 Å². The van der Waals surface area contributed by atoms with Crippen molar-refractivity contribution in [1.29, 1.82) is 0 Å². The lowest BCUT2D eigenvalue weighted by molar-refractivity contribution is -0.127. The molecule has 0 bridgehead atoms. The molecule has 3 nitrogen and oxygen atoms in total. The van der Waals surface area contributed by atoms with Crippen molar-refractivity contribution in [3.8, 4) is 0 Å². The summed E-state index contributed by atoms with van der Waals surface area (Å²) in [7, 11) is 1.62. The van der Waals surface area contributed by atoms with Gasteiger partial charge in [-0.3, -0.25) is 4.79 Å². The Kier molecular flexibility index (Phi) is 9.79. The van der Waals surface area contributed by atoms with Crippen molar-refractivity contribution in [2.75, 3.05) is 20.3 Å². The molecule has 0 rings (SSSR count). The summed E-state index contributed by atoms with van der Waals surface area (Å²) < 4.78 is 4.84. The molecule has 1 amide bonds. The van der Waals surface area contributed by atoms with E-state index in [1.165, 1.54) is 0 Å². The molecular formula is C12H27NO2. The van der Waals surface area contributed by atoms with Gasteiger partial charge in [-0.05, 0) is 5.41 Å². The lowest BCUT2D eigenvalue weighted by atomic mass is 9.81. The first-order chi connectivity index (χ1) is 6.89. The van der Waals surface area contributed by atoms with Gasteiger partial charge in [-0.25, -0.2) is 0 Å². The summed E-state index contributed by atoms with van der Waals surface area (Å²) in [5.41, 5.74) is 0.0250. The highest BCUT2D eigenvalue weighted by Crippen LogP contribution is 2.24. The second kappa shape index (κ2) is 8.72. The Morgan fingerprint density at radius 1 is 1.33 bits per heavy atom. The van der Waals surface area contributed by atoms with Crippen molar-refractivity contribution in [2.45, 2.75) is 41.5 Å². The van der Waals surface area contributed by atoms with E-state index < -0.39 is 0 Å². The van der Waals surface area contributed by atoms with E-state index >= 15 is 0 Å². The smallest absolute Gasteiger partial charge is 0.223 e. The first-order valence-corrected chi connectivity index (χ1v) is 5.66. The molecule has 0 aliphatic carbocycles. The van der Waals surface area contributed by atoms with Crippen LogP contribution in [0.3, 0.4) is 0 Å². The number of amides is 1. The minimum Gasteiger partial charge on any atom is -0.383 e. The highest BCUT2D eigenvalue weighted by atomic mass is 16.5. The van der Waals surface area contributed by atoms with Crippen LogP contribution in [0.15, 0.2) is 0 Å². The molecule has 0 aliphatic rings. The second-order valence-electron chi connectivity index (χ2n) is 4.37. The summed E-state index contributed by atoms with van der Waals surface area (Å²) in [6, 6.07) is 0. The Hall–Kier alpha value is -0.570. The predicted octanol–water partition coefficient (Wildman–Crippen LogP) is 2.46. The largest absolute Gasteiger partial charge is 0.383 e. The Labute approximate surface area is 94.6 Å². The van der Waals surface area contributed by atoms with E-state index in [2.05, 4.69) is 26.1 Å². The van der Waals surface area contributed by atoms with E-state index in [1.54, 1.807) is 7.11 Å². The van der Waals surface area contributed by atoms with E-state index in [1.807, 2.05) is 20.8 Å². The normalized spacial score (nSPS) is 12.5. The van der Waals surface area contributed by atoms with Crippen molar-refractivity contribution >= 4 is 5.91 Å². The van der Waals surface area contributed by atoms with Crippen LogP contribution in [0.2, 0.25) is 0 Å². The van der Waals surface area contributed by atoms with E-state index in [0.29, 0.717) is 13.2 Å². The van der Waals surface area contributed by atoms with E-state index in [0.717, 1.165) is 0 Å². The lowest BCUT2D eigenvalue weighted by Gasteiger charge is -2.25. The maximum absolute atomic E-state index is 11.5. The maximum Gasteiger partial charge on any atom is 0.223 e. The number of hydrogen-bond acceptors (Lipinski definition) is 2. The Morgan fingerprint density at radius 2 is 1.80 bits per heavy atom. The van der Waals surface area contributed by atoms with Gasteiger partial charge in [0.25, 0.3) is 0 Å². The van der Waals surface area contributed by atoms with Crippen LogP contribution in [-0.2, 0) is 9.53 Å². The standard InChI is InChI=1S/C10H21NO2.C2H6/c1-8(10(2,3)4)9(12)11-6-7-13-5;1-2/h8H,6-7H2,1-5H3,(H,11,12);1-2H3/t8-;/m1./s1. The zero-order valence-corrected chi connectivity index (χ0v) is 11.3. The summed E-state index contributed by atoms with van der Waals surface area (Å²) in [6.07, 6.45) is 0. The fourth-order valence-corrected chi connectivity index (χ4v) is 0.823. The van der Waals surface area contributed by atoms with Gasteiger partial charge in [0.1, 0.15) is 0 Å². The monoisotopic (exact) mass is 217 g/mol. The molecule has 0 aliphatic heterocycles. The fourth-order valence-electron chi connectivity index (χ4n) is 0.823. The SMILES string of the molecule is CC.COCCNC(=O)[C@@H](C)C(C)(C)C. The first-order valence-electron chi connectivity index (χ1n) is 5.66. The summed E-state index contributed by atoms with van der Waals surface area (Å²) >= 11 is 0. The molecule has 0 unspecified atom stereocenters.